The van der Waals surface area contributed by atoms with Crippen molar-refractivity contribution in [3.63, 3.8) is 0 Å². The molecule has 1 N–H and O–H groups in total. The normalized spacial score (nSPS) is 10.6. The maximum atomic E-state index is 5.64. The Morgan fingerprint density at radius 1 is 1.39 bits per heavy atom. The van der Waals surface area contributed by atoms with E-state index in [1.807, 2.05) is 38.2 Å². The molecule has 96 valence electrons. The van der Waals surface area contributed by atoms with Crippen molar-refractivity contribution in [1.29, 1.82) is 0 Å². The van der Waals surface area contributed by atoms with Crippen molar-refractivity contribution < 1.29 is 9.26 Å². The second-order valence-electron chi connectivity index (χ2n) is 4.01. The molecular weight excluding hydrogens is 296 g/mol. The van der Waals surface area contributed by atoms with E-state index in [1.165, 1.54) is 0 Å². The fourth-order valence-electron chi connectivity index (χ4n) is 1.55. The molecule has 2 rings (SSSR count). The van der Waals surface area contributed by atoms with Gasteiger partial charge in [0.25, 0.3) is 0 Å². The Bertz CT molecular complexity index is 525. The number of aryl methyl sites for hydroxylation is 1. The number of ether oxygens (including phenoxy) is 1. The highest BCUT2D eigenvalue weighted by Crippen LogP contribution is 2.22. The summed E-state index contributed by atoms with van der Waals surface area (Å²) in [4.78, 5) is 0. The first kappa shape index (κ1) is 13.1. The third-order valence-corrected chi connectivity index (χ3v) is 3.37. The van der Waals surface area contributed by atoms with Crippen LogP contribution in [0.25, 0.3) is 0 Å². The van der Waals surface area contributed by atoms with Gasteiger partial charge in [0.2, 0.25) is 0 Å². The van der Waals surface area contributed by atoms with Crippen molar-refractivity contribution in [1.82, 2.24) is 10.5 Å². The lowest BCUT2D eigenvalue weighted by Gasteiger charge is -2.05. The molecule has 0 amide bonds. The van der Waals surface area contributed by atoms with Crippen LogP contribution in [0.15, 0.2) is 33.3 Å². The fourth-order valence-corrected chi connectivity index (χ4v) is 1.80. The van der Waals surface area contributed by atoms with Crippen LogP contribution in [-0.2, 0) is 13.2 Å². The van der Waals surface area contributed by atoms with E-state index in [0.717, 1.165) is 27.2 Å². The van der Waals surface area contributed by atoms with Crippen LogP contribution in [0.2, 0.25) is 0 Å². The Balaban J connectivity index is 1.95. The van der Waals surface area contributed by atoms with Crippen LogP contribution in [0, 0.1) is 6.92 Å². The Morgan fingerprint density at radius 3 is 2.94 bits per heavy atom. The van der Waals surface area contributed by atoms with Crippen LogP contribution in [0.3, 0.4) is 0 Å². The summed E-state index contributed by atoms with van der Waals surface area (Å²) in [5, 5.41) is 6.94. The van der Waals surface area contributed by atoms with E-state index in [-0.39, 0.29) is 0 Å². The zero-order chi connectivity index (χ0) is 13.0. The monoisotopic (exact) mass is 310 g/mol. The van der Waals surface area contributed by atoms with Gasteiger partial charge in [-0.25, -0.2) is 0 Å². The molecule has 0 radical (unpaired) electrons. The zero-order valence-corrected chi connectivity index (χ0v) is 12.0. The molecule has 0 spiro atoms. The lowest BCUT2D eigenvalue weighted by atomic mass is 10.2. The SMILES string of the molecule is CNCc1cc(COc2ccc(Br)c(C)c2)on1. The van der Waals surface area contributed by atoms with E-state index in [4.69, 9.17) is 9.26 Å². The summed E-state index contributed by atoms with van der Waals surface area (Å²) in [6, 6.07) is 7.76. The van der Waals surface area contributed by atoms with Crippen LogP contribution >= 0.6 is 15.9 Å². The molecule has 0 atom stereocenters. The molecule has 2 aromatic rings. The molecule has 1 heterocycles. The van der Waals surface area contributed by atoms with Gasteiger partial charge in [0.1, 0.15) is 12.4 Å². The number of halogens is 1. The van der Waals surface area contributed by atoms with Crippen LogP contribution in [0.1, 0.15) is 17.0 Å². The quantitative estimate of drug-likeness (QED) is 0.922. The van der Waals surface area contributed by atoms with Gasteiger partial charge in [-0.1, -0.05) is 21.1 Å². The first-order valence-electron chi connectivity index (χ1n) is 5.67. The van der Waals surface area contributed by atoms with Gasteiger partial charge in [-0.05, 0) is 37.7 Å². The first-order valence-corrected chi connectivity index (χ1v) is 6.46. The summed E-state index contributed by atoms with van der Waals surface area (Å²) in [6.45, 7) is 3.11. The highest BCUT2D eigenvalue weighted by Gasteiger charge is 2.05. The van der Waals surface area contributed by atoms with Gasteiger partial charge >= 0.3 is 0 Å². The van der Waals surface area contributed by atoms with Gasteiger partial charge in [-0.2, -0.15) is 0 Å². The van der Waals surface area contributed by atoms with Crippen molar-refractivity contribution in [3.8, 4) is 5.75 Å². The van der Waals surface area contributed by atoms with Crippen molar-refractivity contribution in [2.45, 2.75) is 20.1 Å². The number of hydrogen-bond donors (Lipinski definition) is 1. The molecule has 1 aromatic carbocycles. The van der Waals surface area contributed by atoms with E-state index >= 15 is 0 Å². The summed E-state index contributed by atoms with van der Waals surface area (Å²) >= 11 is 3.45. The Kier molecular flexibility index (Phi) is 4.38. The topological polar surface area (TPSA) is 47.3 Å². The van der Waals surface area contributed by atoms with Crippen LogP contribution < -0.4 is 10.1 Å². The Morgan fingerprint density at radius 2 is 2.22 bits per heavy atom. The van der Waals surface area contributed by atoms with Crippen molar-refractivity contribution in [2.24, 2.45) is 0 Å². The van der Waals surface area contributed by atoms with Crippen molar-refractivity contribution in [2.75, 3.05) is 7.05 Å². The molecule has 0 fully saturated rings. The summed E-state index contributed by atoms with van der Waals surface area (Å²) < 4.78 is 11.9. The zero-order valence-electron chi connectivity index (χ0n) is 10.4. The van der Waals surface area contributed by atoms with E-state index in [0.29, 0.717) is 13.2 Å². The first-order chi connectivity index (χ1) is 8.69. The summed E-state index contributed by atoms with van der Waals surface area (Å²) in [6.07, 6.45) is 0. The molecule has 0 bridgehead atoms. The number of benzene rings is 1. The maximum absolute atomic E-state index is 5.64. The number of aromatic nitrogens is 1. The van der Waals surface area contributed by atoms with Gasteiger partial charge in [-0.15, -0.1) is 0 Å². The highest BCUT2D eigenvalue weighted by molar-refractivity contribution is 9.10. The molecule has 0 saturated carbocycles. The van der Waals surface area contributed by atoms with Crippen molar-refractivity contribution >= 4 is 15.9 Å². The predicted molar refractivity (Wildman–Crippen MR) is 72.5 cm³/mol. The summed E-state index contributed by atoms with van der Waals surface area (Å²) in [5.41, 5.74) is 2.02. The molecule has 1 aromatic heterocycles. The van der Waals surface area contributed by atoms with Crippen LogP contribution in [0.4, 0.5) is 0 Å². The highest BCUT2D eigenvalue weighted by atomic mass is 79.9. The van der Waals surface area contributed by atoms with Gasteiger partial charge in [0.05, 0.1) is 5.69 Å². The average molecular weight is 311 g/mol. The van der Waals surface area contributed by atoms with Crippen molar-refractivity contribution in [3.05, 3.63) is 45.8 Å². The molecule has 0 saturated heterocycles. The molecular formula is C13H15BrN2O2. The molecule has 0 aliphatic heterocycles. The van der Waals surface area contributed by atoms with E-state index in [1.54, 1.807) is 0 Å². The average Bonchev–Trinajstić information content (AvgIpc) is 2.79. The van der Waals surface area contributed by atoms with Gasteiger partial charge in [0.15, 0.2) is 5.76 Å². The number of hydrogen-bond acceptors (Lipinski definition) is 4. The largest absolute Gasteiger partial charge is 0.486 e. The lowest BCUT2D eigenvalue weighted by molar-refractivity contribution is 0.248. The Hall–Kier alpha value is -1.33. The van der Waals surface area contributed by atoms with Crippen LogP contribution in [-0.4, -0.2) is 12.2 Å². The minimum atomic E-state index is 0.387. The molecule has 0 aliphatic rings. The van der Waals surface area contributed by atoms with E-state index in [2.05, 4.69) is 26.4 Å². The predicted octanol–water partition coefficient (Wildman–Crippen LogP) is 3.04. The Labute approximate surface area is 114 Å². The summed E-state index contributed by atoms with van der Waals surface area (Å²) in [5.74, 6) is 1.54. The van der Waals surface area contributed by atoms with Gasteiger partial charge in [-0.3, -0.25) is 0 Å². The number of nitrogens with zero attached hydrogens (tertiary/aromatic N) is 1. The standard InChI is InChI=1S/C13H15BrN2O2/c1-9-5-11(3-4-13(9)14)17-8-12-6-10(7-15-2)16-18-12/h3-6,15H,7-8H2,1-2H3. The second kappa shape index (κ2) is 6.02. The number of nitrogens with one attached hydrogen (secondary N) is 1. The second-order valence-corrected chi connectivity index (χ2v) is 4.87. The van der Waals surface area contributed by atoms with Gasteiger partial charge < -0.3 is 14.6 Å². The fraction of sp³-hybridized carbons (Fsp3) is 0.308. The lowest BCUT2D eigenvalue weighted by Crippen LogP contribution is -2.04. The molecule has 4 nitrogen and oxygen atoms in total. The molecule has 0 aliphatic carbocycles. The summed E-state index contributed by atoms with van der Waals surface area (Å²) in [7, 11) is 1.87. The number of rotatable bonds is 5. The van der Waals surface area contributed by atoms with E-state index in [9.17, 15) is 0 Å². The maximum Gasteiger partial charge on any atom is 0.174 e. The van der Waals surface area contributed by atoms with Gasteiger partial charge in [0, 0.05) is 17.1 Å². The third kappa shape index (κ3) is 3.34. The molecule has 18 heavy (non-hydrogen) atoms. The molecule has 0 unspecified atom stereocenters. The van der Waals surface area contributed by atoms with E-state index < -0.39 is 0 Å². The minimum absolute atomic E-state index is 0.387. The minimum Gasteiger partial charge on any atom is -0.486 e. The smallest absolute Gasteiger partial charge is 0.174 e. The molecule has 5 heteroatoms. The third-order valence-electron chi connectivity index (χ3n) is 2.48. The van der Waals surface area contributed by atoms with Crippen LogP contribution in [0.5, 0.6) is 5.75 Å².